The van der Waals surface area contributed by atoms with Gasteiger partial charge in [0.25, 0.3) is 5.91 Å². The lowest BCUT2D eigenvalue weighted by Gasteiger charge is -2.23. The number of rotatable bonds is 7. The van der Waals surface area contributed by atoms with Gasteiger partial charge in [-0.3, -0.25) is 4.79 Å². The SMILES string of the molecule is C/C=C/c1ccc(OCC(=O)N(C)C(C)CN)c(OC)c1. The highest BCUT2D eigenvalue weighted by Gasteiger charge is 2.15. The first-order valence-electron chi connectivity index (χ1n) is 6.92. The quantitative estimate of drug-likeness (QED) is 0.834. The van der Waals surface area contributed by atoms with Crippen LogP contribution in [0.15, 0.2) is 24.3 Å². The molecule has 0 spiro atoms. The van der Waals surface area contributed by atoms with Gasteiger partial charge in [-0.05, 0) is 31.5 Å². The van der Waals surface area contributed by atoms with Crippen LogP contribution in [0, 0.1) is 0 Å². The molecule has 0 saturated heterocycles. The number of hydrogen-bond donors (Lipinski definition) is 1. The van der Waals surface area contributed by atoms with Gasteiger partial charge < -0.3 is 20.1 Å². The van der Waals surface area contributed by atoms with E-state index in [1.165, 1.54) is 0 Å². The highest BCUT2D eigenvalue weighted by molar-refractivity contribution is 5.78. The molecule has 0 heterocycles. The Morgan fingerprint density at radius 2 is 2.14 bits per heavy atom. The standard InChI is InChI=1S/C16H24N2O3/c1-5-6-13-7-8-14(15(9-13)20-4)21-11-16(19)18(3)12(2)10-17/h5-9,12H,10-11,17H2,1-4H3/b6-5+. The molecular formula is C16H24N2O3. The number of hydrogen-bond acceptors (Lipinski definition) is 4. The molecule has 0 aliphatic heterocycles. The van der Waals surface area contributed by atoms with Crippen molar-refractivity contribution < 1.29 is 14.3 Å². The molecule has 5 heteroatoms. The van der Waals surface area contributed by atoms with Gasteiger partial charge >= 0.3 is 0 Å². The maximum Gasteiger partial charge on any atom is 0.260 e. The number of nitrogens with zero attached hydrogens (tertiary/aromatic N) is 1. The number of methoxy groups -OCH3 is 1. The summed E-state index contributed by atoms with van der Waals surface area (Å²) in [5, 5.41) is 0. The van der Waals surface area contributed by atoms with Gasteiger partial charge in [-0.25, -0.2) is 0 Å². The Balaban J connectivity index is 2.73. The second-order valence-corrected chi connectivity index (χ2v) is 4.79. The van der Waals surface area contributed by atoms with E-state index in [0.29, 0.717) is 18.0 Å². The van der Waals surface area contributed by atoms with E-state index < -0.39 is 0 Å². The van der Waals surface area contributed by atoms with Gasteiger partial charge in [0.1, 0.15) is 0 Å². The van der Waals surface area contributed by atoms with Crippen molar-refractivity contribution in [2.24, 2.45) is 5.73 Å². The number of benzene rings is 1. The molecule has 1 rings (SSSR count). The van der Waals surface area contributed by atoms with Crippen LogP contribution >= 0.6 is 0 Å². The van der Waals surface area contributed by atoms with E-state index in [1.54, 1.807) is 25.1 Å². The lowest BCUT2D eigenvalue weighted by molar-refractivity contribution is -0.133. The minimum absolute atomic E-state index is 0.0138. The first-order chi connectivity index (χ1) is 10.0. The molecular weight excluding hydrogens is 268 g/mol. The van der Waals surface area contributed by atoms with Crippen LogP contribution in [0.4, 0.5) is 0 Å². The van der Waals surface area contributed by atoms with E-state index in [0.717, 1.165) is 5.56 Å². The van der Waals surface area contributed by atoms with Crippen molar-refractivity contribution in [2.45, 2.75) is 19.9 Å². The van der Waals surface area contributed by atoms with E-state index in [2.05, 4.69) is 0 Å². The number of carbonyl (C=O) groups excluding carboxylic acids is 1. The van der Waals surface area contributed by atoms with Crippen LogP contribution in [0.25, 0.3) is 6.08 Å². The van der Waals surface area contributed by atoms with Crippen molar-refractivity contribution in [3.05, 3.63) is 29.8 Å². The summed E-state index contributed by atoms with van der Waals surface area (Å²) in [6.45, 7) is 4.22. The molecule has 1 amide bonds. The van der Waals surface area contributed by atoms with Crippen molar-refractivity contribution in [3.63, 3.8) is 0 Å². The molecule has 1 aromatic carbocycles. The Labute approximate surface area is 126 Å². The third-order valence-corrected chi connectivity index (χ3v) is 3.29. The average molecular weight is 292 g/mol. The molecule has 0 aromatic heterocycles. The molecule has 1 atom stereocenters. The normalized spacial score (nSPS) is 12.2. The smallest absolute Gasteiger partial charge is 0.260 e. The average Bonchev–Trinajstić information content (AvgIpc) is 2.51. The number of ether oxygens (including phenoxy) is 2. The van der Waals surface area contributed by atoms with Gasteiger partial charge in [-0.1, -0.05) is 18.2 Å². The minimum Gasteiger partial charge on any atom is -0.493 e. The zero-order chi connectivity index (χ0) is 15.8. The van der Waals surface area contributed by atoms with E-state index in [9.17, 15) is 4.79 Å². The predicted octanol–water partition coefficient (Wildman–Crippen LogP) is 1.91. The maximum absolute atomic E-state index is 12.0. The maximum atomic E-state index is 12.0. The molecule has 0 fully saturated rings. The van der Waals surface area contributed by atoms with Crippen molar-refractivity contribution >= 4 is 12.0 Å². The van der Waals surface area contributed by atoms with Gasteiger partial charge in [-0.15, -0.1) is 0 Å². The van der Waals surface area contributed by atoms with Crippen LogP contribution in [0.2, 0.25) is 0 Å². The first-order valence-corrected chi connectivity index (χ1v) is 6.92. The Morgan fingerprint density at radius 3 is 2.71 bits per heavy atom. The van der Waals surface area contributed by atoms with E-state index in [1.807, 2.05) is 38.1 Å². The molecule has 0 aliphatic rings. The van der Waals surface area contributed by atoms with Crippen LogP contribution < -0.4 is 15.2 Å². The summed E-state index contributed by atoms with van der Waals surface area (Å²) in [6, 6.07) is 5.56. The second kappa shape index (κ2) is 8.32. The number of likely N-dealkylation sites (N-methyl/N-ethyl adjacent to an activating group) is 1. The molecule has 0 radical (unpaired) electrons. The molecule has 1 aromatic rings. The van der Waals surface area contributed by atoms with Crippen LogP contribution in [0.1, 0.15) is 19.4 Å². The van der Waals surface area contributed by atoms with Crippen LogP contribution in [-0.4, -0.2) is 44.2 Å². The van der Waals surface area contributed by atoms with E-state index >= 15 is 0 Å². The number of amides is 1. The summed E-state index contributed by atoms with van der Waals surface area (Å²) in [7, 11) is 3.29. The lowest BCUT2D eigenvalue weighted by atomic mass is 10.2. The zero-order valence-corrected chi connectivity index (χ0v) is 13.1. The minimum atomic E-state index is -0.118. The molecule has 116 valence electrons. The second-order valence-electron chi connectivity index (χ2n) is 4.79. The van der Waals surface area contributed by atoms with Crippen molar-refractivity contribution in [1.82, 2.24) is 4.90 Å². The highest BCUT2D eigenvalue weighted by atomic mass is 16.5. The van der Waals surface area contributed by atoms with Gasteiger partial charge in [0.15, 0.2) is 18.1 Å². The van der Waals surface area contributed by atoms with Crippen molar-refractivity contribution in [1.29, 1.82) is 0 Å². The fourth-order valence-electron chi connectivity index (χ4n) is 1.74. The summed E-state index contributed by atoms with van der Waals surface area (Å²) >= 11 is 0. The molecule has 1 unspecified atom stereocenters. The summed E-state index contributed by atoms with van der Waals surface area (Å²) in [6.07, 6.45) is 3.91. The van der Waals surface area contributed by atoms with Gasteiger partial charge in [0.05, 0.1) is 7.11 Å². The van der Waals surface area contributed by atoms with Gasteiger partial charge in [-0.2, -0.15) is 0 Å². The fourth-order valence-corrected chi connectivity index (χ4v) is 1.74. The van der Waals surface area contributed by atoms with Crippen molar-refractivity contribution in [3.8, 4) is 11.5 Å². The van der Waals surface area contributed by atoms with Gasteiger partial charge in [0, 0.05) is 19.6 Å². The predicted molar refractivity (Wildman–Crippen MR) is 84.5 cm³/mol. The summed E-state index contributed by atoms with van der Waals surface area (Å²) in [5.41, 5.74) is 6.56. The Bertz CT molecular complexity index is 500. The Kier molecular flexibility index (Phi) is 6.75. The number of allylic oxidation sites excluding steroid dienone is 1. The third-order valence-electron chi connectivity index (χ3n) is 3.29. The summed E-state index contributed by atoms with van der Waals surface area (Å²) < 4.78 is 10.8. The molecule has 0 saturated carbocycles. The van der Waals surface area contributed by atoms with E-state index in [-0.39, 0.29) is 18.6 Å². The lowest BCUT2D eigenvalue weighted by Crippen LogP contribution is -2.42. The van der Waals surface area contributed by atoms with E-state index in [4.69, 9.17) is 15.2 Å². The summed E-state index contributed by atoms with van der Waals surface area (Å²) in [4.78, 5) is 13.6. The Morgan fingerprint density at radius 1 is 1.43 bits per heavy atom. The number of carbonyl (C=O) groups is 1. The monoisotopic (exact) mass is 292 g/mol. The topological polar surface area (TPSA) is 64.8 Å². The fraction of sp³-hybridized carbons (Fsp3) is 0.438. The van der Waals surface area contributed by atoms with Gasteiger partial charge in [0.2, 0.25) is 0 Å². The van der Waals surface area contributed by atoms with Crippen LogP contribution in [0.3, 0.4) is 0 Å². The molecule has 2 N–H and O–H groups in total. The largest absolute Gasteiger partial charge is 0.493 e. The summed E-state index contributed by atoms with van der Waals surface area (Å²) in [5.74, 6) is 1.04. The third kappa shape index (κ3) is 4.79. The highest BCUT2D eigenvalue weighted by Crippen LogP contribution is 2.28. The molecule has 0 bridgehead atoms. The van der Waals surface area contributed by atoms with Crippen molar-refractivity contribution in [2.75, 3.05) is 27.3 Å². The molecule has 21 heavy (non-hydrogen) atoms. The van der Waals surface area contributed by atoms with Crippen LogP contribution in [-0.2, 0) is 4.79 Å². The molecule has 5 nitrogen and oxygen atoms in total. The molecule has 0 aliphatic carbocycles. The van der Waals surface area contributed by atoms with Crippen LogP contribution in [0.5, 0.6) is 11.5 Å². The first kappa shape index (κ1) is 17.0. The zero-order valence-electron chi connectivity index (χ0n) is 13.1. The number of nitrogens with two attached hydrogens (primary N) is 1. The Hall–Kier alpha value is -2.01.